The molecule has 0 spiro atoms. The van der Waals surface area contributed by atoms with Gasteiger partial charge in [0.2, 0.25) is 0 Å². The number of hydrogen-bond acceptors (Lipinski definition) is 4. The van der Waals surface area contributed by atoms with E-state index in [0.29, 0.717) is 18.9 Å². The van der Waals surface area contributed by atoms with E-state index in [-0.39, 0.29) is 6.03 Å². The molecule has 122 valence electrons. The largest absolute Gasteiger partial charge is 0.332 e. The van der Waals surface area contributed by atoms with E-state index in [1.165, 1.54) is 0 Å². The van der Waals surface area contributed by atoms with Gasteiger partial charge in [0.15, 0.2) is 0 Å². The van der Waals surface area contributed by atoms with Crippen molar-refractivity contribution in [3.05, 3.63) is 71.9 Å². The summed E-state index contributed by atoms with van der Waals surface area (Å²) in [6.07, 6.45) is 3.37. The molecule has 0 aliphatic rings. The van der Waals surface area contributed by atoms with E-state index >= 15 is 0 Å². The number of carbonyl (C=O) groups is 1. The van der Waals surface area contributed by atoms with Gasteiger partial charge in [0.25, 0.3) is 0 Å². The average Bonchev–Trinajstić information content (AvgIpc) is 3.01. The molecule has 24 heavy (non-hydrogen) atoms. The molecule has 3 aromatic rings. The molecule has 0 aliphatic carbocycles. The first kappa shape index (κ1) is 15.7. The van der Waals surface area contributed by atoms with Gasteiger partial charge in [-0.05, 0) is 31.2 Å². The Morgan fingerprint density at radius 1 is 1.08 bits per heavy atom. The standard InChI is InChI=1S/C17H18N6O/c1-13-5-4-7-14(21-13)11-19-17(24)22-16-8-10-20-23(16)12-15-6-2-3-9-18-15/h2-10H,11-12H2,1H3,(H2,19,22,24). The van der Waals surface area contributed by atoms with Crippen molar-refractivity contribution >= 4 is 11.8 Å². The Hall–Kier alpha value is -3.22. The van der Waals surface area contributed by atoms with Crippen molar-refractivity contribution < 1.29 is 4.79 Å². The summed E-state index contributed by atoms with van der Waals surface area (Å²) < 4.78 is 1.69. The predicted molar refractivity (Wildman–Crippen MR) is 90.4 cm³/mol. The van der Waals surface area contributed by atoms with E-state index < -0.39 is 0 Å². The predicted octanol–water partition coefficient (Wildman–Crippen LogP) is 2.35. The smallest absolute Gasteiger partial charge is 0.320 e. The Labute approximate surface area is 139 Å². The highest BCUT2D eigenvalue weighted by Crippen LogP contribution is 2.08. The van der Waals surface area contributed by atoms with Gasteiger partial charge in [-0.1, -0.05) is 12.1 Å². The summed E-state index contributed by atoms with van der Waals surface area (Å²) in [5, 5.41) is 9.79. The van der Waals surface area contributed by atoms with E-state index in [1.54, 1.807) is 23.1 Å². The Balaban J connectivity index is 1.58. The lowest BCUT2D eigenvalue weighted by Crippen LogP contribution is -2.29. The van der Waals surface area contributed by atoms with Gasteiger partial charge in [0.05, 0.1) is 30.7 Å². The number of amides is 2. The highest BCUT2D eigenvalue weighted by molar-refractivity contribution is 5.88. The molecule has 3 aromatic heterocycles. The molecule has 7 heteroatoms. The number of anilines is 1. The molecular formula is C17H18N6O. The molecule has 0 saturated carbocycles. The third-order valence-corrected chi connectivity index (χ3v) is 3.37. The molecule has 2 N–H and O–H groups in total. The normalized spacial score (nSPS) is 10.4. The highest BCUT2D eigenvalue weighted by Gasteiger charge is 2.08. The molecule has 0 aliphatic heterocycles. The van der Waals surface area contributed by atoms with E-state index in [0.717, 1.165) is 17.1 Å². The summed E-state index contributed by atoms with van der Waals surface area (Å²) in [5.74, 6) is 0.607. The Morgan fingerprint density at radius 3 is 2.75 bits per heavy atom. The van der Waals surface area contributed by atoms with Crippen LogP contribution in [0.5, 0.6) is 0 Å². The number of hydrogen-bond donors (Lipinski definition) is 2. The number of rotatable bonds is 5. The lowest BCUT2D eigenvalue weighted by molar-refractivity contribution is 0.251. The van der Waals surface area contributed by atoms with Crippen LogP contribution in [0.1, 0.15) is 17.1 Å². The first-order valence-corrected chi connectivity index (χ1v) is 7.60. The van der Waals surface area contributed by atoms with Crippen LogP contribution in [0.2, 0.25) is 0 Å². The Morgan fingerprint density at radius 2 is 1.96 bits per heavy atom. The summed E-state index contributed by atoms with van der Waals surface area (Å²) >= 11 is 0. The van der Waals surface area contributed by atoms with Crippen LogP contribution in [0.4, 0.5) is 10.6 Å². The summed E-state index contributed by atoms with van der Waals surface area (Å²) in [6, 6.07) is 12.8. The highest BCUT2D eigenvalue weighted by atomic mass is 16.2. The van der Waals surface area contributed by atoms with E-state index in [1.807, 2.05) is 43.3 Å². The molecule has 3 rings (SSSR count). The van der Waals surface area contributed by atoms with Crippen LogP contribution < -0.4 is 10.6 Å². The average molecular weight is 322 g/mol. The van der Waals surface area contributed by atoms with Gasteiger partial charge in [-0.3, -0.25) is 15.3 Å². The molecule has 3 heterocycles. The molecule has 2 amide bonds. The summed E-state index contributed by atoms with van der Waals surface area (Å²) in [4.78, 5) is 20.7. The summed E-state index contributed by atoms with van der Waals surface area (Å²) in [5.41, 5.74) is 2.60. The summed E-state index contributed by atoms with van der Waals surface area (Å²) in [7, 11) is 0. The molecule has 0 atom stereocenters. The number of nitrogens with zero attached hydrogens (tertiary/aromatic N) is 4. The van der Waals surface area contributed by atoms with Gasteiger partial charge in [-0.15, -0.1) is 0 Å². The third-order valence-electron chi connectivity index (χ3n) is 3.37. The number of urea groups is 1. The van der Waals surface area contributed by atoms with Crippen LogP contribution in [0, 0.1) is 6.92 Å². The van der Waals surface area contributed by atoms with E-state index in [9.17, 15) is 4.79 Å². The SMILES string of the molecule is Cc1cccc(CNC(=O)Nc2ccnn2Cc2ccccn2)n1. The molecule has 0 unspecified atom stereocenters. The number of aromatic nitrogens is 4. The number of carbonyl (C=O) groups excluding carboxylic acids is 1. The van der Waals surface area contributed by atoms with E-state index in [2.05, 4.69) is 25.7 Å². The second-order valence-electron chi connectivity index (χ2n) is 5.27. The van der Waals surface area contributed by atoms with Gasteiger partial charge >= 0.3 is 6.03 Å². The minimum absolute atomic E-state index is 0.305. The molecule has 0 saturated heterocycles. The van der Waals surface area contributed by atoms with Crippen molar-refractivity contribution in [2.45, 2.75) is 20.0 Å². The molecular weight excluding hydrogens is 304 g/mol. The van der Waals surface area contributed by atoms with Crippen LogP contribution in [-0.2, 0) is 13.1 Å². The van der Waals surface area contributed by atoms with Crippen LogP contribution in [0.15, 0.2) is 54.9 Å². The monoisotopic (exact) mass is 322 g/mol. The first-order chi connectivity index (χ1) is 11.7. The minimum Gasteiger partial charge on any atom is -0.332 e. The molecule has 0 aromatic carbocycles. The van der Waals surface area contributed by atoms with Gasteiger partial charge in [-0.25, -0.2) is 9.48 Å². The van der Waals surface area contributed by atoms with Crippen LogP contribution in [-0.4, -0.2) is 25.8 Å². The third kappa shape index (κ3) is 4.16. The fourth-order valence-electron chi connectivity index (χ4n) is 2.24. The first-order valence-electron chi connectivity index (χ1n) is 7.60. The zero-order valence-electron chi connectivity index (χ0n) is 13.3. The lowest BCUT2D eigenvalue weighted by Gasteiger charge is -2.10. The van der Waals surface area contributed by atoms with Gasteiger partial charge in [0.1, 0.15) is 5.82 Å². The number of nitrogens with one attached hydrogen (secondary N) is 2. The van der Waals surface area contributed by atoms with Gasteiger partial charge < -0.3 is 5.32 Å². The maximum atomic E-state index is 12.1. The second kappa shape index (κ2) is 7.36. The van der Waals surface area contributed by atoms with E-state index in [4.69, 9.17) is 0 Å². The zero-order valence-corrected chi connectivity index (χ0v) is 13.3. The van der Waals surface area contributed by atoms with Crippen molar-refractivity contribution in [3.63, 3.8) is 0 Å². The van der Waals surface area contributed by atoms with Gasteiger partial charge in [0, 0.05) is 18.0 Å². The van der Waals surface area contributed by atoms with Crippen molar-refractivity contribution in [3.8, 4) is 0 Å². The number of aryl methyl sites for hydroxylation is 1. The maximum Gasteiger partial charge on any atom is 0.320 e. The fraction of sp³-hybridized carbons (Fsp3) is 0.176. The quantitative estimate of drug-likeness (QED) is 0.755. The Kier molecular flexibility index (Phi) is 4.81. The zero-order chi connectivity index (χ0) is 16.8. The van der Waals surface area contributed by atoms with Crippen molar-refractivity contribution in [2.24, 2.45) is 0 Å². The van der Waals surface area contributed by atoms with Crippen molar-refractivity contribution in [1.29, 1.82) is 0 Å². The van der Waals surface area contributed by atoms with Crippen LogP contribution >= 0.6 is 0 Å². The van der Waals surface area contributed by atoms with Crippen LogP contribution in [0.3, 0.4) is 0 Å². The minimum atomic E-state index is -0.305. The van der Waals surface area contributed by atoms with Crippen molar-refractivity contribution in [2.75, 3.05) is 5.32 Å². The number of pyridine rings is 2. The topological polar surface area (TPSA) is 84.7 Å². The van der Waals surface area contributed by atoms with Crippen LogP contribution in [0.25, 0.3) is 0 Å². The molecule has 0 bridgehead atoms. The molecule has 7 nitrogen and oxygen atoms in total. The van der Waals surface area contributed by atoms with Crippen molar-refractivity contribution in [1.82, 2.24) is 25.1 Å². The maximum absolute atomic E-state index is 12.1. The fourth-order valence-corrected chi connectivity index (χ4v) is 2.24. The second-order valence-corrected chi connectivity index (χ2v) is 5.27. The summed E-state index contributed by atoms with van der Waals surface area (Å²) in [6.45, 7) is 2.77. The Bertz CT molecular complexity index is 815. The molecule has 0 radical (unpaired) electrons. The van der Waals surface area contributed by atoms with Gasteiger partial charge in [-0.2, -0.15) is 5.10 Å². The lowest BCUT2D eigenvalue weighted by atomic mass is 10.3. The molecule has 0 fully saturated rings.